The Balaban J connectivity index is 2.16. The van der Waals surface area contributed by atoms with Gasteiger partial charge in [0.15, 0.2) is 0 Å². The van der Waals surface area contributed by atoms with E-state index in [9.17, 15) is 10.1 Å². The Bertz CT molecular complexity index is 632. The topological polar surface area (TPSA) is 71.3 Å². The summed E-state index contributed by atoms with van der Waals surface area (Å²) < 4.78 is 11.5. The zero-order valence-electron chi connectivity index (χ0n) is 14.9. The van der Waals surface area contributed by atoms with Crippen molar-refractivity contribution >= 4 is 11.6 Å². The van der Waals surface area contributed by atoms with E-state index in [2.05, 4.69) is 11.4 Å². The molecule has 5 heteroatoms. The van der Waals surface area contributed by atoms with Crippen molar-refractivity contribution in [3.05, 3.63) is 23.8 Å². The molecule has 2 rings (SSSR count). The van der Waals surface area contributed by atoms with Crippen LogP contribution in [0.15, 0.2) is 18.2 Å². The Hall–Kier alpha value is -2.06. The van der Waals surface area contributed by atoms with E-state index in [1.807, 2.05) is 27.7 Å². The Morgan fingerprint density at radius 2 is 2.17 bits per heavy atom. The highest BCUT2D eigenvalue weighted by Gasteiger charge is 2.48. The molecular formula is C19H26N2O3. The summed E-state index contributed by atoms with van der Waals surface area (Å²) in [5.74, 6) is 0.678. The molecule has 1 fully saturated rings. The van der Waals surface area contributed by atoms with Gasteiger partial charge in [0.25, 0.3) is 5.91 Å². The van der Waals surface area contributed by atoms with Gasteiger partial charge in [0, 0.05) is 12.7 Å². The summed E-state index contributed by atoms with van der Waals surface area (Å²) in [5.41, 5.74) is 0.0382. The molecule has 5 nitrogen and oxygen atoms in total. The second kappa shape index (κ2) is 7.67. The van der Waals surface area contributed by atoms with Crippen LogP contribution in [0.4, 0.5) is 5.69 Å². The van der Waals surface area contributed by atoms with Gasteiger partial charge < -0.3 is 14.8 Å². The molecule has 0 saturated heterocycles. The number of carbonyl (C=O) groups is 1. The Morgan fingerprint density at radius 1 is 1.46 bits per heavy atom. The number of hydrogen-bond acceptors (Lipinski definition) is 4. The van der Waals surface area contributed by atoms with Crippen molar-refractivity contribution in [1.29, 1.82) is 5.26 Å². The summed E-state index contributed by atoms with van der Waals surface area (Å²) in [6.45, 7) is 8.26. The number of nitrogens with one attached hydrogen (secondary N) is 1. The molecule has 0 bridgehead atoms. The van der Waals surface area contributed by atoms with E-state index in [1.165, 1.54) is 0 Å². The van der Waals surface area contributed by atoms with Crippen LogP contribution in [0, 0.1) is 17.2 Å². The number of nitrogens with zero attached hydrogens (tertiary/aromatic N) is 1. The number of carbonyl (C=O) groups excluding carboxylic acids is 1. The molecule has 0 heterocycles. The zero-order chi connectivity index (χ0) is 17.7. The molecule has 0 radical (unpaired) electrons. The highest BCUT2D eigenvalue weighted by atomic mass is 16.5. The molecule has 1 aromatic rings. The van der Waals surface area contributed by atoms with Crippen LogP contribution in [0.3, 0.4) is 0 Å². The summed E-state index contributed by atoms with van der Waals surface area (Å²) in [6, 6.07) is 7.24. The Kier molecular flexibility index (Phi) is 5.84. The van der Waals surface area contributed by atoms with Crippen LogP contribution in [-0.4, -0.2) is 24.2 Å². The fourth-order valence-electron chi connectivity index (χ4n) is 2.63. The molecule has 1 atom stereocenters. The Labute approximate surface area is 144 Å². The van der Waals surface area contributed by atoms with Crippen molar-refractivity contribution in [3.63, 3.8) is 0 Å². The van der Waals surface area contributed by atoms with E-state index in [0.29, 0.717) is 23.6 Å². The molecular weight excluding hydrogens is 304 g/mol. The minimum absolute atomic E-state index is 0.0255. The second-order valence-corrected chi connectivity index (χ2v) is 6.67. The number of hydrogen-bond donors (Lipinski definition) is 1. The van der Waals surface area contributed by atoms with Crippen LogP contribution in [-0.2, 0) is 9.53 Å². The second-order valence-electron chi connectivity index (χ2n) is 6.67. The van der Waals surface area contributed by atoms with Gasteiger partial charge in [0.05, 0.1) is 17.4 Å². The van der Waals surface area contributed by atoms with Gasteiger partial charge in [-0.25, -0.2) is 0 Å². The molecule has 0 unspecified atom stereocenters. The molecule has 0 aliphatic heterocycles. The molecule has 1 aliphatic rings. The maximum atomic E-state index is 12.8. The maximum Gasteiger partial charge on any atom is 0.256 e. The smallest absolute Gasteiger partial charge is 0.256 e. The number of benzene rings is 1. The number of rotatable bonds is 8. The summed E-state index contributed by atoms with van der Waals surface area (Å²) in [7, 11) is 0. The average Bonchev–Trinajstić information content (AvgIpc) is 3.38. The summed E-state index contributed by atoms with van der Waals surface area (Å²) in [5, 5.41) is 12.2. The van der Waals surface area contributed by atoms with Gasteiger partial charge in [-0.05, 0) is 58.1 Å². The highest BCUT2D eigenvalue weighted by Crippen LogP contribution is 2.42. The lowest BCUT2D eigenvalue weighted by Gasteiger charge is -2.29. The number of ether oxygens (including phenoxy) is 2. The van der Waals surface area contributed by atoms with Crippen LogP contribution in [0.5, 0.6) is 5.75 Å². The van der Waals surface area contributed by atoms with Gasteiger partial charge in [0.2, 0.25) is 0 Å². The molecule has 1 amide bonds. The number of anilines is 1. The van der Waals surface area contributed by atoms with Crippen LogP contribution in [0.1, 0.15) is 52.5 Å². The lowest BCUT2D eigenvalue weighted by atomic mass is 9.98. The van der Waals surface area contributed by atoms with Crippen molar-refractivity contribution in [2.75, 3.05) is 11.9 Å². The van der Waals surface area contributed by atoms with Crippen LogP contribution >= 0.6 is 0 Å². The highest BCUT2D eigenvalue weighted by molar-refractivity contribution is 5.98. The predicted octanol–water partition coefficient (Wildman–Crippen LogP) is 3.88. The van der Waals surface area contributed by atoms with E-state index in [0.717, 1.165) is 19.3 Å². The first-order chi connectivity index (χ1) is 11.4. The van der Waals surface area contributed by atoms with E-state index < -0.39 is 5.60 Å². The zero-order valence-corrected chi connectivity index (χ0v) is 14.9. The first kappa shape index (κ1) is 18.3. The molecule has 0 aromatic heterocycles. The maximum absolute atomic E-state index is 12.8. The summed E-state index contributed by atoms with van der Waals surface area (Å²) in [6.07, 6.45) is 2.89. The van der Waals surface area contributed by atoms with Crippen molar-refractivity contribution < 1.29 is 14.3 Å². The van der Waals surface area contributed by atoms with E-state index in [1.54, 1.807) is 18.2 Å². The van der Waals surface area contributed by atoms with Crippen molar-refractivity contribution in [2.45, 2.75) is 58.7 Å². The first-order valence-corrected chi connectivity index (χ1v) is 8.57. The number of amides is 1. The van der Waals surface area contributed by atoms with Crippen LogP contribution in [0.25, 0.3) is 0 Å². The predicted molar refractivity (Wildman–Crippen MR) is 92.9 cm³/mol. The van der Waals surface area contributed by atoms with E-state index in [4.69, 9.17) is 9.47 Å². The average molecular weight is 330 g/mol. The standard InChI is InChI=1S/C19H26N2O3/c1-5-10-23-19(4,15-6-7-15)18(22)21-17-9-8-16(24-13(2)3)11-14(17)12-20/h8-9,11,13,15H,5-7,10H2,1-4H3,(H,21,22)/t19-/m0/s1. The lowest BCUT2D eigenvalue weighted by molar-refractivity contribution is -0.142. The molecule has 0 spiro atoms. The monoisotopic (exact) mass is 330 g/mol. The largest absolute Gasteiger partial charge is 0.491 e. The minimum Gasteiger partial charge on any atom is -0.491 e. The fourth-order valence-corrected chi connectivity index (χ4v) is 2.63. The molecule has 1 aromatic carbocycles. The van der Waals surface area contributed by atoms with Gasteiger partial charge in [0.1, 0.15) is 17.4 Å². The SMILES string of the molecule is CCCO[C@](C)(C(=O)Nc1ccc(OC(C)C)cc1C#N)C1CC1. The Morgan fingerprint density at radius 3 is 2.71 bits per heavy atom. The third kappa shape index (κ3) is 4.27. The fraction of sp³-hybridized carbons (Fsp3) is 0.579. The lowest BCUT2D eigenvalue weighted by Crippen LogP contribution is -2.45. The van der Waals surface area contributed by atoms with Gasteiger partial charge >= 0.3 is 0 Å². The molecule has 1 saturated carbocycles. The van der Waals surface area contributed by atoms with Crippen molar-refractivity contribution in [2.24, 2.45) is 5.92 Å². The minimum atomic E-state index is -0.837. The van der Waals surface area contributed by atoms with Gasteiger partial charge in [-0.15, -0.1) is 0 Å². The molecule has 130 valence electrons. The third-order valence-electron chi connectivity index (χ3n) is 4.14. The van der Waals surface area contributed by atoms with E-state index in [-0.39, 0.29) is 17.9 Å². The number of nitriles is 1. The first-order valence-electron chi connectivity index (χ1n) is 8.57. The molecule has 1 N–H and O–H groups in total. The van der Waals surface area contributed by atoms with Crippen LogP contribution in [0.2, 0.25) is 0 Å². The summed E-state index contributed by atoms with van der Waals surface area (Å²) in [4.78, 5) is 12.8. The van der Waals surface area contributed by atoms with Gasteiger partial charge in [-0.2, -0.15) is 5.26 Å². The summed E-state index contributed by atoms with van der Waals surface area (Å²) >= 11 is 0. The van der Waals surface area contributed by atoms with Crippen molar-refractivity contribution in [1.82, 2.24) is 0 Å². The van der Waals surface area contributed by atoms with E-state index >= 15 is 0 Å². The van der Waals surface area contributed by atoms with Gasteiger partial charge in [-0.3, -0.25) is 4.79 Å². The van der Waals surface area contributed by atoms with Gasteiger partial charge in [-0.1, -0.05) is 6.92 Å². The molecule has 24 heavy (non-hydrogen) atoms. The van der Waals surface area contributed by atoms with Crippen LogP contribution < -0.4 is 10.1 Å². The van der Waals surface area contributed by atoms with Crippen molar-refractivity contribution in [3.8, 4) is 11.8 Å². The normalized spacial score (nSPS) is 16.3. The quantitative estimate of drug-likeness (QED) is 0.785. The third-order valence-corrected chi connectivity index (χ3v) is 4.14. The molecule has 1 aliphatic carbocycles.